The Morgan fingerprint density at radius 3 is 2.23 bits per heavy atom. The van der Waals surface area contributed by atoms with Gasteiger partial charge in [-0.15, -0.1) is 12.4 Å². The molecular weight excluding hydrogens is 350 g/mol. The van der Waals surface area contributed by atoms with Gasteiger partial charge < -0.3 is 15.6 Å². The summed E-state index contributed by atoms with van der Waals surface area (Å²) in [4.78, 5) is 11.1. The lowest BCUT2D eigenvalue weighted by atomic mass is 9.99. The Kier molecular flexibility index (Phi) is 10.4. The molecule has 2 rings (SSSR count). The van der Waals surface area contributed by atoms with Crippen LogP contribution in [-0.2, 0) is 11.2 Å². The molecule has 0 saturated carbocycles. The van der Waals surface area contributed by atoms with Crippen LogP contribution in [-0.4, -0.2) is 24.2 Å². The molecule has 1 atom stereocenters. The van der Waals surface area contributed by atoms with E-state index in [0.717, 1.165) is 25.0 Å². The van der Waals surface area contributed by atoms with Gasteiger partial charge >= 0.3 is 5.97 Å². The monoisotopic (exact) mass is 377 g/mol. The van der Waals surface area contributed by atoms with Crippen LogP contribution in [0.3, 0.4) is 0 Å². The molecule has 0 saturated heterocycles. The van der Waals surface area contributed by atoms with Gasteiger partial charge in [-0.3, -0.25) is 4.79 Å². The summed E-state index contributed by atoms with van der Waals surface area (Å²) in [6, 6.07) is 18.5. The van der Waals surface area contributed by atoms with E-state index in [0.29, 0.717) is 26.0 Å². The van der Waals surface area contributed by atoms with Gasteiger partial charge in [0.15, 0.2) is 0 Å². The number of rotatable bonds is 11. The molecule has 0 aliphatic heterocycles. The van der Waals surface area contributed by atoms with E-state index in [2.05, 4.69) is 36.4 Å². The van der Waals surface area contributed by atoms with E-state index in [1.54, 1.807) is 0 Å². The van der Waals surface area contributed by atoms with E-state index in [-0.39, 0.29) is 18.3 Å². The summed E-state index contributed by atoms with van der Waals surface area (Å²) in [5, 5.41) is 9.08. The summed E-state index contributed by atoms with van der Waals surface area (Å²) < 4.78 is 5.74. The number of benzene rings is 2. The molecule has 2 aromatic carbocycles. The van der Waals surface area contributed by atoms with Crippen LogP contribution in [0.15, 0.2) is 54.6 Å². The van der Waals surface area contributed by atoms with Gasteiger partial charge in [0.05, 0.1) is 12.5 Å². The SMILES string of the molecule is Cl.NCCC(CCCCOc1ccc(Cc2ccccc2)cc1)C(=O)O. The van der Waals surface area contributed by atoms with Crippen molar-refractivity contribution < 1.29 is 14.6 Å². The zero-order valence-electron chi connectivity index (χ0n) is 15.0. The van der Waals surface area contributed by atoms with Crippen molar-refractivity contribution in [2.45, 2.75) is 32.1 Å². The van der Waals surface area contributed by atoms with Gasteiger partial charge in [-0.1, -0.05) is 42.5 Å². The van der Waals surface area contributed by atoms with Gasteiger partial charge in [0, 0.05) is 0 Å². The van der Waals surface area contributed by atoms with Crippen LogP contribution < -0.4 is 10.5 Å². The number of hydrogen-bond acceptors (Lipinski definition) is 3. The molecule has 2 aromatic rings. The zero-order valence-corrected chi connectivity index (χ0v) is 15.8. The maximum atomic E-state index is 11.1. The van der Waals surface area contributed by atoms with E-state index < -0.39 is 5.97 Å². The number of hydrogen-bond donors (Lipinski definition) is 2. The first-order valence-electron chi connectivity index (χ1n) is 8.87. The number of halogens is 1. The van der Waals surface area contributed by atoms with Gasteiger partial charge in [-0.25, -0.2) is 0 Å². The third-order valence-electron chi connectivity index (χ3n) is 4.25. The van der Waals surface area contributed by atoms with Gasteiger partial charge in [-0.2, -0.15) is 0 Å². The Labute approximate surface area is 161 Å². The number of ether oxygens (including phenoxy) is 1. The minimum Gasteiger partial charge on any atom is -0.494 e. The van der Waals surface area contributed by atoms with Crippen LogP contribution in [0.2, 0.25) is 0 Å². The van der Waals surface area contributed by atoms with Crippen molar-refractivity contribution in [2.75, 3.05) is 13.2 Å². The number of aliphatic carboxylic acids is 1. The molecule has 0 aliphatic rings. The number of unbranched alkanes of at least 4 members (excludes halogenated alkanes) is 1. The van der Waals surface area contributed by atoms with Crippen LogP contribution in [0.25, 0.3) is 0 Å². The highest BCUT2D eigenvalue weighted by molar-refractivity contribution is 5.85. The smallest absolute Gasteiger partial charge is 0.306 e. The van der Waals surface area contributed by atoms with E-state index in [1.165, 1.54) is 11.1 Å². The average Bonchev–Trinajstić information content (AvgIpc) is 2.62. The fourth-order valence-electron chi connectivity index (χ4n) is 2.81. The molecule has 1 unspecified atom stereocenters. The number of carbonyl (C=O) groups is 1. The third-order valence-corrected chi connectivity index (χ3v) is 4.25. The lowest BCUT2D eigenvalue weighted by Crippen LogP contribution is -2.18. The highest BCUT2D eigenvalue weighted by Gasteiger charge is 2.15. The molecule has 26 heavy (non-hydrogen) atoms. The normalized spacial score (nSPS) is 11.4. The summed E-state index contributed by atoms with van der Waals surface area (Å²) >= 11 is 0. The molecular formula is C21H28ClNO3. The van der Waals surface area contributed by atoms with E-state index in [9.17, 15) is 4.79 Å². The zero-order chi connectivity index (χ0) is 17.9. The minimum absolute atomic E-state index is 0. The molecule has 4 nitrogen and oxygen atoms in total. The van der Waals surface area contributed by atoms with Crippen LogP contribution in [0.1, 0.15) is 36.8 Å². The van der Waals surface area contributed by atoms with E-state index in [1.807, 2.05) is 18.2 Å². The van der Waals surface area contributed by atoms with E-state index >= 15 is 0 Å². The summed E-state index contributed by atoms with van der Waals surface area (Å²) in [5.74, 6) is -0.226. The molecule has 0 aliphatic carbocycles. The van der Waals surface area contributed by atoms with Crippen LogP contribution >= 0.6 is 12.4 Å². The highest BCUT2D eigenvalue weighted by atomic mass is 35.5. The van der Waals surface area contributed by atoms with Crippen molar-refractivity contribution in [1.82, 2.24) is 0 Å². The quantitative estimate of drug-likeness (QED) is 0.573. The molecule has 0 fully saturated rings. The lowest BCUT2D eigenvalue weighted by Gasteiger charge is -2.11. The Balaban J connectivity index is 0.00000338. The van der Waals surface area contributed by atoms with Crippen LogP contribution in [0, 0.1) is 5.92 Å². The van der Waals surface area contributed by atoms with Crippen molar-refractivity contribution in [3.8, 4) is 5.75 Å². The van der Waals surface area contributed by atoms with Gasteiger partial charge in [0.1, 0.15) is 5.75 Å². The molecule has 0 amide bonds. The fourth-order valence-corrected chi connectivity index (χ4v) is 2.81. The maximum absolute atomic E-state index is 11.1. The summed E-state index contributed by atoms with van der Waals surface area (Å²) in [5.41, 5.74) is 7.99. The fraction of sp³-hybridized carbons (Fsp3) is 0.381. The maximum Gasteiger partial charge on any atom is 0.306 e. The second kappa shape index (κ2) is 12.3. The molecule has 142 valence electrons. The number of nitrogens with two attached hydrogens (primary N) is 1. The summed E-state index contributed by atoms with van der Waals surface area (Å²) in [6.07, 6.45) is 3.80. The Bertz CT molecular complexity index is 631. The molecule has 3 N–H and O–H groups in total. The van der Waals surface area contributed by atoms with Crippen LogP contribution in [0.4, 0.5) is 0 Å². The second-order valence-corrected chi connectivity index (χ2v) is 6.26. The van der Waals surface area contributed by atoms with Gasteiger partial charge in [-0.05, 0) is 61.9 Å². The van der Waals surface area contributed by atoms with Crippen molar-refractivity contribution in [3.63, 3.8) is 0 Å². The average molecular weight is 378 g/mol. The second-order valence-electron chi connectivity index (χ2n) is 6.26. The van der Waals surface area contributed by atoms with Crippen LogP contribution in [0.5, 0.6) is 5.75 Å². The molecule has 5 heteroatoms. The highest BCUT2D eigenvalue weighted by Crippen LogP contribution is 2.17. The largest absolute Gasteiger partial charge is 0.494 e. The van der Waals surface area contributed by atoms with Crippen molar-refractivity contribution >= 4 is 18.4 Å². The number of carboxylic acids is 1. The van der Waals surface area contributed by atoms with Crippen molar-refractivity contribution in [3.05, 3.63) is 65.7 Å². The molecule has 0 radical (unpaired) electrons. The third kappa shape index (κ3) is 7.89. The Hall–Kier alpha value is -2.04. The van der Waals surface area contributed by atoms with Gasteiger partial charge in [0.25, 0.3) is 0 Å². The molecule has 0 bridgehead atoms. The predicted octanol–water partition coefficient (Wildman–Crippen LogP) is 4.30. The predicted molar refractivity (Wildman–Crippen MR) is 107 cm³/mol. The topological polar surface area (TPSA) is 72.5 Å². The first-order chi connectivity index (χ1) is 12.2. The van der Waals surface area contributed by atoms with Crippen molar-refractivity contribution in [2.24, 2.45) is 11.7 Å². The van der Waals surface area contributed by atoms with Crippen molar-refractivity contribution in [1.29, 1.82) is 0 Å². The Morgan fingerprint density at radius 1 is 0.962 bits per heavy atom. The molecule has 0 aromatic heterocycles. The van der Waals surface area contributed by atoms with Gasteiger partial charge in [0.2, 0.25) is 0 Å². The Morgan fingerprint density at radius 2 is 1.62 bits per heavy atom. The lowest BCUT2D eigenvalue weighted by molar-refractivity contribution is -0.142. The first-order valence-corrected chi connectivity index (χ1v) is 8.87. The minimum atomic E-state index is -0.750. The standard InChI is InChI=1S/C21H27NO3.ClH/c22-14-13-19(21(23)24)8-4-5-15-25-20-11-9-18(10-12-20)16-17-6-2-1-3-7-17;/h1-3,6-7,9-12,19H,4-5,8,13-16,22H2,(H,23,24);1H. The molecule has 0 spiro atoms. The first kappa shape index (κ1) is 22.0. The summed E-state index contributed by atoms with van der Waals surface area (Å²) in [6.45, 7) is 1.02. The number of carboxylic acid groups (broad SMARTS) is 1. The van der Waals surface area contributed by atoms with E-state index in [4.69, 9.17) is 15.6 Å². The summed E-state index contributed by atoms with van der Waals surface area (Å²) in [7, 11) is 0. The molecule has 0 heterocycles.